The van der Waals surface area contributed by atoms with Crippen LogP contribution in [0.3, 0.4) is 0 Å². The number of rotatable bonds is 6. The maximum absolute atomic E-state index is 14.0. The highest BCUT2D eigenvalue weighted by atomic mass is 35.5. The molecule has 0 aromatic heterocycles. The fourth-order valence-electron chi connectivity index (χ4n) is 4.46. The van der Waals surface area contributed by atoms with E-state index in [1.807, 2.05) is 4.90 Å². The Morgan fingerprint density at radius 2 is 1.87 bits per heavy atom. The summed E-state index contributed by atoms with van der Waals surface area (Å²) in [6.45, 7) is 7.73. The number of likely N-dealkylation sites (N-methyl/N-ethyl adjacent to an activating group) is 1. The summed E-state index contributed by atoms with van der Waals surface area (Å²) in [5, 5.41) is 7.72. The van der Waals surface area contributed by atoms with Crippen molar-refractivity contribution in [3.63, 3.8) is 0 Å². The number of nitrogens with two attached hydrogens (primary N) is 1. The quantitative estimate of drug-likeness (QED) is 0.382. The summed E-state index contributed by atoms with van der Waals surface area (Å²) >= 11 is 12.3. The SMILES string of the molecule is C[C@@H](OC1=C(N)NN(C)C(C(=O)Nc2ccc(C(=O)N3CCNC(C)(C)C3)cc2)=C1)c1c(Cl)ccc(F)c1Cl. The van der Waals surface area contributed by atoms with E-state index in [1.165, 1.54) is 23.2 Å². The zero-order chi connectivity index (χ0) is 28.5. The largest absolute Gasteiger partial charge is 0.482 e. The number of nitrogens with zero attached hydrogens (tertiary/aromatic N) is 2. The van der Waals surface area contributed by atoms with E-state index >= 15 is 0 Å². The van der Waals surface area contributed by atoms with Crippen molar-refractivity contribution in [1.29, 1.82) is 0 Å². The van der Waals surface area contributed by atoms with Gasteiger partial charge >= 0.3 is 0 Å². The molecule has 1 atom stereocenters. The predicted octanol–water partition coefficient (Wildman–Crippen LogP) is 4.13. The van der Waals surface area contributed by atoms with Crippen molar-refractivity contribution in [2.75, 3.05) is 32.0 Å². The number of piperazine rings is 1. The van der Waals surface area contributed by atoms with Gasteiger partial charge in [-0.15, -0.1) is 0 Å². The minimum Gasteiger partial charge on any atom is -0.482 e. The third-order valence-corrected chi connectivity index (χ3v) is 7.17. The van der Waals surface area contributed by atoms with Crippen LogP contribution in [0, 0.1) is 5.82 Å². The molecule has 0 saturated carbocycles. The van der Waals surface area contributed by atoms with Crippen LogP contribution in [0.5, 0.6) is 0 Å². The van der Waals surface area contributed by atoms with E-state index < -0.39 is 17.8 Å². The van der Waals surface area contributed by atoms with E-state index in [2.05, 4.69) is 29.9 Å². The summed E-state index contributed by atoms with van der Waals surface area (Å²) in [4.78, 5) is 27.9. The summed E-state index contributed by atoms with van der Waals surface area (Å²) in [6, 6.07) is 9.28. The van der Waals surface area contributed by atoms with Crippen LogP contribution >= 0.6 is 23.2 Å². The number of carbonyl (C=O) groups excluding carboxylic acids is 2. The van der Waals surface area contributed by atoms with Gasteiger partial charge in [-0.1, -0.05) is 23.2 Å². The molecule has 4 rings (SSSR count). The van der Waals surface area contributed by atoms with Gasteiger partial charge in [-0.25, -0.2) is 4.39 Å². The van der Waals surface area contributed by atoms with Gasteiger partial charge in [0.05, 0.1) is 5.02 Å². The molecule has 2 aliphatic rings. The molecule has 12 heteroatoms. The van der Waals surface area contributed by atoms with Crippen molar-refractivity contribution in [3.8, 4) is 0 Å². The first-order valence-corrected chi connectivity index (χ1v) is 13.1. The van der Waals surface area contributed by atoms with E-state index in [-0.39, 0.29) is 44.3 Å². The number of hydrogen-bond acceptors (Lipinski definition) is 7. The lowest BCUT2D eigenvalue weighted by Gasteiger charge is -2.39. The molecule has 5 N–H and O–H groups in total. The average Bonchev–Trinajstić information content (AvgIpc) is 2.87. The molecule has 0 aliphatic carbocycles. The lowest BCUT2D eigenvalue weighted by Crippen LogP contribution is -2.58. The maximum Gasteiger partial charge on any atom is 0.273 e. The molecule has 2 amide bonds. The second kappa shape index (κ2) is 11.3. The van der Waals surface area contributed by atoms with E-state index in [0.717, 1.165) is 6.54 Å². The van der Waals surface area contributed by atoms with E-state index in [9.17, 15) is 14.0 Å². The summed E-state index contributed by atoms with van der Waals surface area (Å²) in [5.74, 6) is -0.840. The van der Waals surface area contributed by atoms with Crippen molar-refractivity contribution in [2.24, 2.45) is 5.73 Å². The summed E-state index contributed by atoms with van der Waals surface area (Å²) in [7, 11) is 1.62. The average molecular weight is 577 g/mol. The van der Waals surface area contributed by atoms with Gasteiger partial charge in [0.1, 0.15) is 17.6 Å². The molecule has 2 aromatic rings. The van der Waals surface area contributed by atoms with Crippen LogP contribution in [0.25, 0.3) is 0 Å². The highest BCUT2D eigenvalue weighted by Crippen LogP contribution is 2.36. The minimum absolute atomic E-state index is 0.0589. The highest BCUT2D eigenvalue weighted by Gasteiger charge is 2.29. The standard InChI is InChI=1S/C27H31Cl2FN6O3/c1-15(22-18(28)9-10-19(30)23(22)29)39-21-13-20(35(4)34-24(21)31)25(37)33-17-7-5-16(6-8-17)26(38)36-12-11-32-27(2,3)14-36/h5-10,13,15,32,34H,11-12,14,31H2,1-4H3,(H,33,37)/t15-/m1/s1. The van der Waals surface area contributed by atoms with Crippen LogP contribution in [0.1, 0.15) is 42.8 Å². The molecule has 39 heavy (non-hydrogen) atoms. The molecule has 1 fully saturated rings. The number of anilines is 1. The van der Waals surface area contributed by atoms with Crippen LogP contribution in [0.15, 0.2) is 59.8 Å². The van der Waals surface area contributed by atoms with Crippen LogP contribution in [0.4, 0.5) is 10.1 Å². The van der Waals surface area contributed by atoms with E-state index in [0.29, 0.717) is 24.3 Å². The monoisotopic (exact) mass is 576 g/mol. The number of hydrogen-bond donors (Lipinski definition) is 4. The topological polar surface area (TPSA) is 112 Å². The fraction of sp³-hybridized carbons (Fsp3) is 0.333. The first-order valence-electron chi connectivity index (χ1n) is 12.3. The van der Waals surface area contributed by atoms with Gasteiger partial charge in [0.25, 0.3) is 11.8 Å². The van der Waals surface area contributed by atoms with Crippen LogP contribution in [-0.2, 0) is 9.53 Å². The van der Waals surface area contributed by atoms with Crippen molar-refractivity contribution < 1.29 is 18.7 Å². The van der Waals surface area contributed by atoms with Gasteiger partial charge in [-0.05, 0) is 57.2 Å². The Morgan fingerprint density at radius 3 is 2.54 bits per heavy atom. The fourth-order valence-corrected chi connectivity index (χ4v) is 5.14. The second-order valence-electron chi connectivity index (χ2n) is 10.1. The Bertz CT molecular complexity index is 1350. The van der Waals surface area contributed by atoms with Crippen molar-refractivity contribution in [3.05, 3.63) is 86.7 Å². The summed E-state index contributed by atoms with van der Waals surface area (Å²) in [6.07, 6.45) is 0.689. The van der Waals surface area contributed by atoms with E-state index in [4.69, 9.17) is 33.7 Å². The Labute approximate surface area is 236 Å². The molecule has 0 unspecified atom stereocenters. The van der Waals surface area contributed by atoms with Crippen molar-refractivity contribution >= 4 is 40.7 Å². The minimum atomic E-state index is -0.772. The molecule has 208 valence electrons. The number of allylic oxidation sites excluding steroid dienone is 1. The van der Waals surface area contributed by atoms with Gasteiger partial charge in [-0.2, -0.15) is 0 Å². The smallest absolute Gasteiger partial charge is 0.273 e. The Hall–Kier alpha value is -3.47. The van der Waals surface area contributed by atoms with E-state index in [1.54, 1.807) is 38.2 Å². The van der Waals surface area contributed by atoms with Crippen molar-refractivity contribution in [1.82, 2.24) is 20.7 Å². The number of nitrogens with one attached hydrogen (secondary N) is 3. The molecule has 2 aliphatic heterocycles. The van der Waals surface area contributed by atoms with Crippen molar-refractivity contribution in [2.45, 2.75) is 32.4 Å². The van der Waals surface area contributed by atoms with Crippen LogP contribution in [-0.4, -0.2) is 53.9 Å². The van der Waals surface area contributed by atoms with Gasteiger partial charge in [-0.3, -0.25) is 20.0 Å². The molecule has 0 radical (unpaired) electrons. The zero-order valence-corrected chi connectivity index (χ0v) is 23.6. The third-order valence-electron chi connectivity index (χ3n) is 6.45. The Kier molecular flexibility index (Phi) is 8.29. The highest BCUT2D eigenvalue weighted by molar-refractivity contribution is 6.36. The molecule has 0 bridgehead atoms. The molecular formula is C27H31Cl2FN6O3. The van der Waals surface area contributed by atoms with Gasteiger partial charge in [0.15, 0.2) is 11.6 Å². The first kappa shape index (κ1) is 28.5. The molecular weight excluding hydrogens is 546 g/mol. The number of ether oxygens (including phenoxy) is 1. The number of carbonyl (C=O) groups is 2. The molecule has 2 aromatic carbocycles. The zero-order valence-electron chi connectivity index (χ0n) is 22.1. The normalized spacial score (nSPS) is 17.8. The Balaban J connectivity index is 1.46. The molecule has 2 heterocycles. The van der Waals surface area contributed by atoms with Gasteiger partial charge < -0.3 is 26.0 Å². The number of amides is 2. The first-order chi connectivity index (χ1) is 18.4. The summed E-state index contributed by atoms with van der Waals surface area (Å²) in [5.41, 5.74) is 10.3. The van der Waals surface area contributed by atoms with Gasteiger partial charge in [0.2, 0.25) is 0 Å². The number of benzene rings is 2. The lowest BCUT2D eigenvalue weighted by molar-refractivity contribution is -0.114. The van der Waals surface area contributed by atoms with Crippen LogP contribution < -0.4 is 21.8 Å². The molecule has 0 spiro atoms. The van der Waals surface area contributed by atoms with Crippen LogP contribution in [0.2, 0.25) is 10.0 Å². The summed E-state index contributed by atoms with van der Waals surface area (Å²) < 4.78 is 19.9. The lowest BCUT2D eigenvalue weighted by atomic mass is 10.0. The van der Waals surface area contributed by atoms with Gasteiger partial charge in [0, 0.05) is 60.1 Å². The Morgan fingerprint density at radius 1 is 1.18 bits per heavy atom. The number of halogens is 3. The number of hydrazine groups is 1. The molecule has 1 saturated heterocycles. The maximum atomic E-state index is 14.0. The second-order valence-corrected chi connectivity index (χ2v) is 10.8. The predicted molar refractivity (Wildman–Crippen MR) is 149 cm³/mol. The molecule has 9 nitrogen and oxygen atoms in total. The third kappa shape index (κ3) is 6.41.